The third-order valence-electron chi connectivity index (χ3n) is 2.41. The molecule has 0 saturated carbocycles. The Kier molecular flexibility index (Phi) is 7.60. The van der Waals surface area contributed by atoms with Gasteiger partial charge in [-0.1, -0.05) is 29.7 Å². The summed E-state index contributed by atoms with van der Waals surface area (Å²) in [4.78, 5) is 11.3. The van der Waals surface area contributed by atoms with E-state index in [1.165, 1.54) is 0 Å². The molecule has 1 rings (SSSR count). The van der Waals surface area contributed by atoms with Crippen LogP contribution in [-0.2, 0) is 4.79 Å². The molecule has 1 amide bonds. The summed E-state index contributed by atoms with van der Waals surface area (Å²) in [5.74, 6) is 11.6. The van der Waals surface area contributed by atoms with Crippen LogP contribution in [0.1, 0.15) is 24.0 Å². The van der Waals surface area contributed by atoms with Crippen molar-refractivity contribution in [2.75, 3.05) is 19.6 Å². The Hall–Kier alpha value is -2.27. The van der Waals surface area contributed by atoms with Gasteiger partial charge in [-0.3, -0.25) is 4.79 Å². The number of hydrogen-bond acceptors (Lipinski definition) is 3. The molecule has 4 heteroatoms. The van der Waals surface area contributed by atoms with Crippen molar-refractivity contribution >= 4 is 5.91 Å². The molecule has 0 aliphatic carbocycles. The Morgan fingerprint density at radius 3 is 2.50 bits per heavy atom. The standard InChI is InChI=1S/C16H19N3O/c17-10-2-7-14-5-1-6-15(13-14)8-4-12-19-16(20)9-3-11-18/h1,5-6,13H,3,9-12,17-18H2,(H,19,20). The van der Waals surface area contributed by atoms with Gasteiger partial charge in [0.25, 0.3) is 0 Å². The topological polar surface area (TPSA) is 81.1 Å². The van der Waals surface area contributed by atoms with Gasteiger partial charge in [0.15, 0.2) is 0 Å². The maximum absolute atomic E-state index is 11.3. The highest BCUT2D eigenvalue weighted by atomic mass is 16.1. The lowest BCUT2D eigenvalue weighted by Gasteiger charge is -1.98. The molecular weight excluding hydrogens is 250 g/mol. The molecular formula is C16H19N3O. The highest BCUT2D eigenvalue weighted by molar-refractivity contribution is 5.76. The molecule has 0 aliphatic rings. The van der Waals surface area contributed by atoms with E-state index in [1.807, 2.05) is 24.3 Å². The Morgan fingerprint density at radius 2 is 1.85 bits per heavy atom. The quantitative estimate of drug-likeness (QED) is 0.683. The first kappa shape index (κ1) is 15.8. The van der Waals surface area contributed by atoms with E-state index in [2.05, 4.69) is 29.0 Å². The van der Waals surface area contributed by atoms with Crippen LogP contribution in [0.4, 0.5) is 0 Å². The molecule has 0 radical (unpaired) electrons. The number of amides is 1. The molecule has 0 spiro atoms. The predicted octanol–water partition coefficient (Wildman–Crippen LogP) is 0.203. The zero-order chi connectivity index (χ0) is 14.6. The average molecular weight is 269 g/mol. The molecule has 104 valence electrons. The maximum Gasteiger partial charge on any atom is 0.220 e. The van der Waals surface area contributed by atoms with Crippen molar-refractivity contribution in [3.8, 4) is 23.7 Å². The van der Waals surface area contributed by atoms with Crippen LogP contribution >= 0.6 is 0 Å². The van der Waals surface area contributed by atoms with E-state index >= 15 is 0 Å². The summed E-state index contributed by atoms with van der Waals surface area (Å²) >= 11 is 0. The second-order valence-corrected chi connectivity index (χ2v) is 4.06. The summed E-state index contributed by atoms with van der Waals surface area (Å²) in [6.45, 7) is 1.20. The van der Waals surface area contributed by atoms with E-state index in [4.69, 9.17) is 11.5 Å². The molecule has 0 unspecified atom stereocenters. The Morgan fingerprint density at radius 1 is 1.15 bits per heavy atom. The summed E-state index contributed by atoms with van der Waals surface area (Å²) in [7, 11) is 0. The van der Waals surface area contributed by atoms with Crippen LogP contribution in [0.25, 0.3) is 0 Å². The van der Waals surface area contributed by atoms with E-state index in [1.54, 1.807) is 0 Å². The molecule has 0 bridgehead atoms. The molecule has 0 fully saturated rings. The van der Waals surface area contributed by atoms with Crippen molar-refractivity contribution in [2.24, 2.45) is 11.5 Å². The molecule has 0 saturated heterocycles. The second-order valence-electron chi connectivity index (χ2n) is 4.06. The number of benzene rings is 1. The first-order valence-corrected chi connectivity index (χ1v) is 6.51. The number of rotatable bonds is 4. The third-order valence-corrected chi connectivity index (χ3v) is 2.41. The van der Waals surface area contributed by atoms with Crippen LogP contribution in [0.5, 0.6) is 0 Å². The number of carbonyl (C=O) groups is 1. The average Bonchev–Trinajstić information content (AvgIpc) is 2.48. The lowest BCUT2D eigenvalue weighted by molar-refractivity contribution is -0.120. The summed E-state index contributed by atoms with van der Waals surface area (Å²) in [6, 6.07) is 7.59. The van der Waals surface area contributed by atoms with Gasteiger partial charge in [0, 0.05) is 17.5 Å². The van der Waals surface area contributed by atoms with Gasteiger partial charge >= 0.3 is 0 Å². The van der Waals surface area contributed by atoms with E-state index in [0.29, 0.717) is 32.5 Å². The van der Waals surface area contributed by atoms with Crippen LogP contribution in [0.2, 0.25) is 0 Å². The number of nitrogens with one attached hydrogen (secondary N) is 1. The van der Waals surface area contributed by atoms with Gasteiger partial charge in [0.2, 0.25) is 5.91 Å². The summed E-state index contributed by atoms with van der Waals surface area (Å²) in [5, 5.41) is 2.72. The Labute approximate surface area is 119 Å². The van der Waals surface area contributed by atoms with Crippen molar-refractivity contribution < 1.29 is 4.79 Å². The zero-order valence-electron chi connectivity index (χ0n) is 11.4. The van der Waals surface area contributed by atoms with Gasteiger partial charge in [-0.25, -0.2) is 0 Å². The summed E-state index contributed by atoms with van der Waals surface area (Å²) in [5.41, 5.74) is 12.4. The first-order valence-electron chi connectivity index (χ1n) is 6.51. The van der Waals surface area contributed by atoms with Crippen molar-refractivity contribution in [2.45, 2.75) is 12.8 Å². The highest BCUT2D eigenvalue weighted by Gasteiger charge is 1.96. The van der Waals surface area contributed by atoms with Crippen LogP contribution in [0.15, 0.2) is 24.3 Å². The molecule has 1 aromatic carbocycles. The monoisotopic (exact) mass is 269 g/mol. The zero-order valence-corrected chi connectivity index (χ0v) is 11.4. The van der Waals surface area contributed by atoms with Gasteiger partial charge in [0.1, 0.15) is 0 Å². The SMILES string of the molecule is NCC#Cc1cccc(C#CCNC(=O)CCCN)c1. The minimum absolute atomic E-state index is 0.0210. The molecule has 4 nitrogen and oxygen atoms in total. The first-order chi connectivity index (χ1) is 9.76. The van der Waals surface area contributed by atoms with Gasteiger partial charge in [-0.15, -0.1) is 0 Å². The van der Waals surface area contributed by atoms with Gasteiger partial charge < -0.3 is 16.8 Å². The molecule has 1 aromatic rings. The largest absolute Gasteiger partial charge is 0.345 e. The second kappa shape index (κ2) is 9.63. The van der Waals surface area contributed by atoms with Crippen molar-refractivity contribution in [1.29, 1.82) is 0 Å². The van der Waals surface area contributed by atoms with Crippen molar-refractivity contribution in [1.82, 2.24) is 5.32 Å². The summed E-state index contributed by atoms with van der Waals surface area (Å²) in [6.07, 6.45) is 1.14. The van der Waals surface area contributed by atoms with Gasteiger partial charge in [-0.05, 0) is 31.2 Å². The van der Waals surface area contributed by atoms with Crippen LogP contribution in [-0.4, -0.2) is 25.5 Å². The smallest absolute Gasteiger partial charge is 0.220 e. The van der Waals surface area contributed by atoms with Gasteiger partial charge in [0.05, 0.1) is 13.1 Å². The van der Waals surface area contributed by atoms with Crippen molar-refractivity contribution in [3.05, 3.63) is 35.4 Å². The fourth-order valence-corrected chi connectivity index (χ4v) is 1.47. The number of hydrogen-bond donors (Lipinski definition) is 3. The van der Waals surface area contributed by atoms with E-state index < -0.39 is 0 Å². The van der Waals surface area contributed by atoms with E-state index in [0.717, 1.165) is 11.1 Å². The fraction of sp³-hybridized carbons (Fsp3) is 0.312. The summed E-state index contributed by atoms with van der Waals surface area (Å²) < 4.78 is 0. The minimum atomic E-state index is -0.0210. The lowest BCUT2D eigenvalue weighted by Crippen LogP contribution is -2.23. The fourth-order valence-electron chi connectivity index (χ4n) is 1.47. The van der Waals surface area contributed by atoms with Crippen molar-refractivity contribution in [3.63, 3.8) is 0 Å². The minimum Gasteiger partial charge on any atom is -0.345 e. The number of nitrogens with two attached hydrogens (primary N) is 2. The van der Waals surface area contributed by atoms with E-state index in [-0.39, 0.29) is 5.91 Å². The molecule has 0 atom stereocenters. The number of carbonyl (C=O) groups excluding carboxylic acids is 1. The maximum atomic E-state index is 11.3. The molecule has 5 N–H and O–H groups in total. The Balaban J connectivity index is 2.49. The normalized spacial score (nSPS) is 8.90. The molecule has 20 heavy (non-hydrogen) atoms. The Bertz CT molecular complexity index is 558. The van der Waals surface area contributed by atoms with Crippen LogP contribution < -0.4 is 16.8 Å². The molecule has 0 heterocycles. The lowest BCUT2D eigenvalue weighted by atomic mass is 10.1. The molecule has 0 aromatic heterocycles. The predicted molar refractivity (Wildman–Crippen MR) is 80.6 cm³/mol. The van der Waals surface area contributed by atoms with Gasteiger partial charge in [-0.2, -0.15) is 0 Å². The van der Waals surface area contributed by atoms with E-state index in [9.17, 15) is 4.79 Å². The third kappa shape index (κ3) is 6.61. The van der Waals surface area contributed by atoms with Crippen LogP contribution in [0, 0.1) is 23.7 Å². The molecule has 0 aliphatic heterocycles. The highest BCUT2D eigenvalue weighted by Crippen LogP contribution is 2.02. The van der Waals surface area contributed by atoms with Crippen LogP contribution in [0.3, 0.4) is 0 Å².